The normalized spacial score (nSPS) is 10.8. The first-order valence-electron chi connectivity index (χ1n) is 9.23. The number of anilines is 2. The largest absolute Gasteiger partial charge is 0.490 e. The van der Waals surface area contributed by atoms with Crippen molar-refractivity contribution in [1.82, 2.24) is 0 Å². The Hall–Kier alpha value is -3.58. The maximum absolute atomic E-state index is 12.6. The zero-order valence-corrected chi connectivity index (χ0v) is 17.3. The van der Waals surface area contributed by atoms with Gasteiger partial charge in [-0.1, -0.05) is 36.9 Å². The predicted molar refractivity (Wildman–Crippen MR) is 119 cm³/mol. The Morgan fingerprint density at radius 2 is 1.73 bits per heavy atom. The molecule has 0 aliphatic heterocycles. The van der Waals surface area contributed by atoms with Crippen molar-refractivity contribution in [3.63, 3.8) is 0 Å². The summed E-state index contributed by atoms with van der Waals surface area (Å²) in [4.78, 5) is 12.7. The molecule has 0 bridgehead atoms. The average Bonchev–Trinajstić information content (AvgIpc) is 2.75. The lowest BCUT2D eigenvalue weighted by Crippen LogP contribution is -2.15. The molecule has 3 rings (SSSR count). The highest BCUT2D eigenvalue weighted by molar-refractivity contribution is 7.92. The fourth-order valence-electron chi connectivity index (χ4n) is 2.67. The quantitative estimate of drug-likeness (QED) is 0.519. The van der Waals surface area contributed by atoms with Crippen LogP contribution in [0.15, 0.2) is 90.3 Å². The fourth-order valence-corrected chi connectivity index (χ4v) is 3.82. The van der Waals surface area contributed by atoms with Gasteiger partial charge in [-0.3, -0.25) is 9.52 Å². The van der Waals surface area contributed by atoms with Crippen LogP contribution in [-0.4, -0.2) is 20.9 Å². The Labute approximate surface area is 176 Å². The minimum Gasteiger partial charge on any atom is -0.490 e. The molecule has 3 aromatic carbocycles. The van der Waals surface area contributed by atoms with E-state index in [4.69, 9.17) is 4.74 Å². The number of ether oxygens (including phenoxy) is 1. The molecule has 0 spiro atoms. The van der Waals surface area contributed by atoms with E-state index in [9.17, 15) is 13.2 Å². The van der Waals surface area contributed by atoms with E-state index in [2.05, 4.69) is 16.6 Å². The molecule has 0 radical (unpaired) electrons. The number of aryl methyl sites for hydroxylation is 1. The van der Waals surface area contributed by atoms with Crippen LogP contribution in [0.2, 0.25) is 0 Å². The van der Waals surface area contributed by atoms with E-state index >= 15 is 0 Å². The average molecular weight is 423 g/mol. The second-order valence-corrected chi connectivity index (χ2v) is 8.21. The standard InChI is InChI=1S/C23H22N2O4S/c1-3-15-29-20-13-10-18(11-14-20)23(26)24-19-12-9-17(2)22(16-19)25-30(27,28)21-7-5-4-6-8-21/h3-14,16,25H,1,15H2,2H3,(H,24,26). The third-order valence-corrected chi connectivity index (χ3v) is 5.66. The summed E-state index contributed by atoms with van der Waals surface area (Å²) in [7, 11) is -3.73. The molecule has 0 atom stereocenters. The number of benzene rings is 3. The summed E-state index contributed by atoms with van der Waals surface area (Å²) < 4.78 is 33.2. The van der Waals surface area contributed by atoms with Crippen molar-refractivity contribution in [2.75, 3.05) is 16.6 Å². The minimum absolute atomic E-state index is 0.164. The number of hydrogen-bond acceptors (Lipinski definition) is 4. The summed E-state index contributed by atoms with van der Waals surface area (Å²) in [6.45, 7) is 5.76. The van der Waals surface area contributed by atoms with Gasteiger partial charge in [0.25, 0.3) is 15.9 Å². The van der Waals surface area contributed by atoms with Crippen molar-refractivity contribution in [2.45, 2.75) is 11.8 Å². The molecule has 30 heavy (non-hydrogen) atoms. The third-order valence-electron chi connectivity index (χ3n) is 4.28. The van der Waals surface area contributed by atoms with E-state index in [1.165, 1.54) is 12.1 Å². The molecule has 0 aliphatic rings. The van der Waals surface area contributed by atoms with Crippen molar-refractivity contribution in [3.8, 4) is 5.75 Å². The second-order valence-electron chi connectivity index (χ2n) is 6.53. The first-order chi connectivity index (χ1) is 14.4. The lowest BCUT2D eigenvalue weighted by atomic mass is 10.1. The molecule has 0 fully saturated rings. The Morgan fingerprint density at radius 3 is 2.40 bits per heavy atom. The smallest absolute Gasteiger partial charge is 0.261 e. The Kier molecular flexibility index (Phi) is 6.54. The van der Waals surface area contributed by atoms with Crippen LogP contribution >= 0.6 is 0 Å². The van der Waals surface area contributed by atoms with Crippen LogP contribution in [0.25, 0.3) is 0 Å². The first kappa shape index (κ1) is 21.1. The Bertz CT molecular complexity index is 1140. The van der Waals surface area contributed by atoms with E-state index in [1.807, 2.05) is 0 Å². The number of carbonyl (C=O) groups excluding carboxylic acids is 1. The zero-order valence-electron chi connectivity index (χ0n) is 16.5. The van der Waals surface area contributed by atoms with Crippen molar-refractivity contribution in [3.05, 3.63) is 96.6 Å². The van der Waals surface area contributed by atoms with Gasteiger partial charge in [-0.15, -0.1) is 0 Å². The number of rotatable bonds is 8. The van der Waals surface area contributed by atoms with Crippen molar-refractivity contribution in [1.29, 1.82) is 0 Å². The second kappa shape index (κ2) is 9.28. The van der Waals surface area contributed by atoms with E-state index in [0.717, 1.165) is 5.56 Å². The van der Waals surface area contributed by atoms with Gasteiger partial charge in [0.1, 0.15) is 12.4 Å². The molecule has 0 unspecified atom stereocenters. The third kappa shape index (κ3) is 5.27. The molecule has 0 saturated heterocycles. The van der Waals surface area contributed by atoms with Gasteiger partial charge < -0.3 is 10.1 Å². The van der Waals surface area contributed by atoms with Gasteiger partial charge in [-0.25, -0.2) is 8.42 Å². The van der Waals surface area contributed by atoms with Crippen LogP contribution in [0.1, 0.15) is 15.9 Å². The first-order valence-corrected chi connectivity index (χ1v) is 10.7. The van der Waals surface area contributed by atoms with Crippen molar-refractivity contribution >= 4 is 27.3 Å². The molecule has 0 aromatic heterocycles. The summed E-state index contributed by atoms with van der Waals surface area (Å²) in [5.74, 6) is 0.324. The van der Waals surface area contributed by atoms with Gasteiger partial charge in [0, 0.05) is 11.3 Å². The van der Waals surface area contributed by atoms with Crippen LogP contribution < -0.4 is 14.8 Å². The van der Waals surface area contributed by atoms with Gasteiger partial charge in [-0.05, 0) is 61.0 Å². The number of sulfonamides is 1. The molecule has 6 nitrogen and oxygen atoms in total. The molecule has 2 N–H and O–H groups in total. The van der Waals surface area contributed by atoms with Crippen molar-refractivity contribution < 1.29 is 17.9 Å². The summed E-state index contributed by atoms with van der Waals surface area (Å²) >= 11 is 0. The maximum Gasteiger partial charge on any atom is 0.261 e. The summed E-state index contributed by atoms with van der Waals surface area (Å²) in [5, 5.41) is 2.78. The molecule has 1 amide bonds. The zero-order chi connectivity index (χ0) is 21.6. The fraction of sp³-hybridized carbons (Fsp3) is 0.0870. The summed E-state index contributed by atoms with van der Waals surface area (Å²) in [6.07, 6.45) is 1.64. The SMILES string of the molecule is C=CCOc1ccc(C(=O)Nc2ccc(C)c(NS(=O)(=O)c3ccccc3)c2)cc1. The molecular formula is C23H22N2O4S. The van der Waals surface area contributed by atoms with Gasteiger partial charge in [0.05, 0.1) is 10.6 Å². The molecular weight excluding hydrogens is 400 g/mol. The summed E-state index contributed by atoms with van der Waals surface area (Å²) in [5.41, 5.74) is 2.05. The Morgan fingerprint density at radius 1 is 1.03 bits per heavy atom. The lowest BCUT2D eigenvalue weighted by Gasteiger charge is -2.13. The minimum atomic E-state index is -3.73. The molecule has 0 saturated carbocycles. The molecule has 0 aliphatic carbocycles. The van der Waals surface area contributed by atoms with Crippen LogP contribution in [0.5, 0.6) is 5.75 Å². The highest BCUT2D eigenvalue weighted by Gasteiger charge is 2.15. The van der Waals surface area contributed by atoms with Gasteiger partial charge >= 0.3 is 0 Å². The molecule has 7 heteroatoms. The van der Waals surface area contributed by atoms with Crippen molar-refractivity contribution in [2.24, 2.45) is 0 Å². The molecule has 154 valence electrons. The Balaban J connectivity index is 1.75. The molecule has 0 heterocycles. The van der Waals surface area contributed by atoms with E-state index in [0.29, 0.717) is 29.3 Å². The lowest BCUT2D eigenvalue weighted by molar-refractivity contribution is 0.102. The number of nitrogens with one attached hydrogen (secondary N) is 2. The highest BCUT2D eigenvalue weighted by atomic mass is 32.2. The number of amides is 1. The van der Waals surface area contributed by atoms with Gasteiger partial charge in [-0.2, -0.15) is 0 Å². The molecule has 3 aromatic rings. The topological polar surface area (TPSA) is 84.5 Å². The van der Waals surface area contributed by atoms with Crippen LogP contribution in [0.4, 0.5) is 11.4 Å². The van der Waals surface area contributed by atoms with E-state index < -0.39 is 10.0 Å². The monoisotopic (exact) mass is 422 g/mol. The van der Waals surface area contributed by atoms with E-state index in [-0.39, 0.29) is 10.8 Å². The van der Waals surface area contributed by atoms with Crippen LogP contribution in [0, 0.1) is 6.92 Å². The van der Waals surface area contributed by atoms with Crippen LogP contribution in [-0.2, 0) is 10.0 Å². The number of carbonyl (C=O) groups is 1. The van der Waals surface area contributed by atoms with Crippen LogP contribution in [0.3, 0.4) is 0 Å². The van der Waals surface area contributed by atoms with Gasteiger partial charge in [0.2, 0.25) is 0 Å². The summed E-state index contributed by atoms with van der Waals surface area (Å²) in [6, 6.07) is 19.9. The number of hydrogen-bond donors (Lipinski definition) is 2. The van der Waals surface area contributed by atoms with Gasteiger partial charge in [0.15, 0.2) is 0 Å². The highest BCUT2D eigenvalue weighted by Crippen LogP contribution is 2.24. The maximum atomic E-state index is 12.6. The predicted octanol–water partition coefficient (Wildman–Crippen LogP) is 4.61. The van der Waals surface area contributed by atoms with E-state index in [1.54, 1.807) is 73.7 Å².